The molecule has 70 valence electrons. The molecule has 13 heavy (non-hydrogen) atoms. The summed E-state index contributed by atoms with van der Waals surface area (Å²) in [6, 6.07) is 2.18. The van der Waals surface area contributed by atoms with Gasteiger partial charge < -0.3 is 9.84 Å². The third-order valence-corrected chi connectivity index (χ3v) is 2.08. The summed E-state index contributed by atoms with van der Waals surface area (Å²) in [5.41, 5.74) is -0.191. The van der Waals surface area contributed by atoms with Crippen LogP contribution < -0.4 is 4.74 Å². The van der Waals surface area contributed by atoms with Crippen molar-refractivity contribution in [3.63, 3.8) is 0 Å². The second kappa shape index (κ2) is 3.74. The molecule has 1 rings (SSSR count). The quantitative estimate of drug-likeness (QED) is 0.874. The van der Waals surface area contributed by atoms with E-state index in [1.54, 1.807) is 0 Å². The lowest BCUT2D eigenvalue weighted by atomic mass is 10.2. The standard InChI is InChI=1S/C8H6BrFO3/c1-13-7-3-5(9)6(10)2-4(7)8(11)12/h2-3H,1H3,(H,11,12). The zero-order chi connectivity index (χ0) is 10.0. The molecule has 1 aromatic carbocycles. The third kappa shape index (κ3) is 1.98. The van der Waals surface area contributed by atoms with E-state index in [0.29, 0.717) is 0 Å². The molecule has 0 saturated carbocycles. The molecule has 0 aromatic heterocycles. The van der Waals surface area contributed by atoms with Crippen LogP contribution in [-0.4, -0.2) is 18.2 Å². The zero-order valence-electron chi connectivity index (χ0n) is 6.67. The van der Waals surface area contributed by atoms with E-state index >= 15 is 0 Å². The Morgan fingerprint density at radius 3 is 2.69 bits per heavy atom. The summed E-state index contributed by atoms with van der Waals surface area (Å²) in [5, 5.41) is 8.65. The molecule has 0 aliphatic heterocycles. The number of halogens is 2. The Kier molecular flexibility index (Phi) is 2.87. The van der Waals surface area contributed by atoms with Gasteiger partial charge in [0.15, 0.2) is 0 Å². The van der Waals surface area contributed by atoms with Gasteiger partial charge in [-0.3, -0.25) is 0 Å². The van der Waals surface area contributed by atoms with E-state index in [1.807, 2.05) is 0 Å². The topological polar surface area (TPSA) is 46.5 Å². The molecule has 0 radical (unpaired) electrons. The Bertz CT molecular complexity index is 351. The van der Waals surface area contributed by atoms with Gasteiger partial charge in [-0.2, -0.15) is 0 Å². The van der Waals surface area contributed by atoms with E-state index in [-0.39, 0.29) is 15.8 Å². The molecule has 1 aromatic rings. The molecule has 0 spiro atoms. The number of aromatic carboxylic acids is 1. The Labute approximate surface area is 82.3 Å². The fourth-order valence-corrected chi connectivity index (χ4v) is 1.19. The van der Waals surface area contributed by atoms with E-state index < -0.39 is 11.8 Å². The number of hydrogen-bond donors (Lipinski definition) is 1. The van der Waals surface area contributed by atoms with Crippen LogP contribution >= 0.6 is 15.9 Å². The predicted molar refractivity (Wildman–Crippen MR) is 47.6 cm³/mol. The Morgan fingerprint density at radius 1 is 1.62 bits per heavy atom. The average molecular weight is 249 g/mol. The normalized spacial score (nSPS) is 9.77. The van der Waals surface area contributed by atoms with Crippen molar-refractivity contribution in [2.75, 3.05) is 7.11 Å². The third-order valence-electron chi connectivity index (χ3n) is 1.47. The first-order valence-electron chi connectivity index (χ1n) is 3.32. The number of rotatable bonds is 2. The number of carboxylic acid groups (broad SMARTS) is 1. The van der Waals surface area contributed by atoms with Crippen molar-refractivity contribution in [2.24, 2.45) is 0 Å². The summed E-state index contributed by atoms with van der Waals surface area (Å²) in [6.07, 6.45) is 0. The minimum atomic E-state index is -1.22. The number of hydrogen-bond acceptors (Lipinski definition) is 2. The number of methoxy groups -OCH3 is 1. The molecule has 0 saturated heterocycles. The van der Waals surface area contributed by atoms with Crippen molar-refractivity contribution in [1.82, 2.24) is 0 Å². The molecule has 0 unspecified atom stereocenters. The highest BCUT2D eigenvalue weighted by Crippen LogP contribution is 2.26. The van der Waals surface area contributed by atoms with Gasteiger partial charge in [0.1, 0.15) is 17.1 Å². The Balaban J connectivity index is 3.33. The first-order chi connectivity index (χ1) is 6.06. The fraction of sp³-hybridized carbons (Fsp3) is 0.125. The first-order valence-corrected chi connectivity index (χ1v) is 4.12. The fourth-order valence-electron chi connectivity index (χ4n) is 0.865. The minimum absolute atomic E-state index is 0.126. The maximum absolute atomic E-state index is 12.9. The molecule has 0 aliphatic rings. The lowest BCUT2D eigenvalue weighted by Crippen LogP contribution is -2.01. The zero-order valence-corrected chi connectivity index (χ0v) is 8.26. The van der Waals surface area contributed by atoms with Gasteiger partial charge in [0.2, 0.25) is 0 Å². The van der Waals surface area contributed by atoms with E-state index in [1.165, 1.54) is 13.2 Å². The van der Waals surface area contributed by atoms with Crippen molar-refractivity contribution in [1.29, 1.82) is 0 Å². The van der Waals surface area contributed by atoms with Crippen LogP contribution in [0.1, 0.15) is 10.4 Å². The predicted octanol–water partition coefficient (Wildman–Crippen LogP) is 2.29. The molecular weight excluding hydrogens is 243 g/mol. The Hall–Kier alpha value is -1.10. The van der Waals surface area contributed by atoms with Crippen LogP contribution in [0, 0.1) is 5.82 Å². The molecular formula is C8H6BrFO3. The summed E-state index contributed by atoms with van der Waals surface area (Å²) in [7, 11) is 1.33. The second-order valence-corrected chi connectivity index (χ2v) is 3.13. The highest BCUT2D eigenvalue weighted by Gasteiger charge is 2.14. The number of carbonyl (C=O) groups is 1. The van der Waals surface area contributed by atoms with Crippen molar-refractivity contribution < 1.29 is 19.0 Å². The summed E-state index contributed by atoms with van der Waals surface area (Å²) in [5.74, 6) is -1.72. The second-order valence-electron chi connectivity index (χ2n) is 2.27. The molecule has 0 fully saturated rings. The van der Waals surface area contributed by atoms with Gasteiger partial charge in [0.05, 0.1) is 11.6 Å². The molecule has 1 N–H and O–H groups in total. The van der Waals surface area contributed by atoms with Crippen molar-refractivity contribution in [3.8, 4) is 5.75 Å². The molecule has 0 aliphatic carbocycles. The molecule has 0 atom stereocenters. The average Bonchev–Trinajstić information content (AvgIpc) is 2.08. The number of benzene rings is 1. The molecule has 0 amide bonds. The van der Waals surface area contributed by atoms with E-state index in [4.69, 9.17) is 9.84 Å². The minimum Gasteiger partial charge on any atom is -0.496 e. The van der Waals surface area contributed by atoms with Gasteiger partial charge >= 0.3 is 5.97 Å². The lowest BCUT2D eigenvalue weighted by Gasteiger charge is -2.05. The van der Waals surface area contributed by atoms with Crippen molar-refractivity contribution >= 4 is 21.9 Å². The van der Waals surface area contributed by atoms with Crippen LogP contribution in [0.3, 0.4) is 0 Å². The maximum Gasteiger partial charge on any atom is 0.339 e. The molecule has 0 bridgehead atoms. The first kappa shape index (κ1) is 9.98. The van der Waals surface area contributed by atoms with Crippen LogP contribution in [0.25, 0.3) is 0 Å². The van der Waals surface area contributed by atoms with E-state index in [2.05, 4.69) is 15.9 Å². The Morgan fingerprint density at radius 2 is 2.23 bits per heavy atom. The van der Waals surface area contributed by atoms with Crippen molar-refractivity contribution in [2.45, 2.75) is 0 Å². The van der Waals surface area contributed by atoms with Gasteiger partial charge in [0, 0.05) is 0 Å². The monoisotopic (exact) mass is 248 g/mol. The lowest BCUT2D eigenvalue weighted by molar-refractivity contribution is 0.0692. The summed E-state index contributed by atoms with van der Waals surface area (Å²) in [4.78, 5) is 10.6. The molecule has 5 heteroatoms. The highest BCUT2D eigenvalue weighted by atomic mass is 79.9. The van der Waals surface area contributed by atoms with Gasteiger partial charge in [0.25, 0.3) is 0 Å². The van der Waals surface area contributed by atoms with Crippen LogP contribution in [0.2, 0.25) is 0 Å². The number of ether oxygens (including phenoxy) is 1. The van der Waals surface area contributed by atoms with Crippen molar-refractivity contribution in [3.05, 3.63) is 28.0 Å². The van der Waals surface area contributed by atoms with Crippen LogP contribution in [-0.2, 0) is 0 Å². The largest absolute Gasteiger partial charge is 0.496 e. The van der Waals surface area contributed by atoms with Gasteiger partial charge in [-0.25, -0.2) is 9.18 Å². The summed E-state index contributed by atoms with van der Waals surface area (Å²) >= 11 is 2.92. The van der Waals surface area contributed by atoms with Crippen LogP contribution in [0.4, 0.5) is 4.39 Å². The van der Waals surface area contributed by atoms with Gasteiger partial charge in [-0.1, -0.05) is 0 Å². The number of carboxylic acids is 1. The van der Waals surface area contributed by atoms with Crippen LogP contribution in [0.5, 0.6) is 5.75 Å². The molecule has 0 heterocycles. The SMILES string of the molecule is COc1cc(Br)c(F)cc1C(=O)O. The summed E-state index contributed by atoms with van der Waals surface area (Å²) in [6.45, 7) is 0. The van der Waals surface area contributed by atoms with Gasteiger partial charge in [-0.05, 0) is 28.1 Å². The van der Waals surface area contributed by atoms with E-state index in [9.17, 15) is 9.18 Å². The van der Waals surface area contributed by atoms with Crippen LogP contribution in [0.15, 0.2) is 16.6 Å². The van der Waals surface area contributed by atoms with E-state index in [0.717, 1.165) is 6.07 Å². The summed E-state index contributed by atoms with van der Waals surface area (Å²) < 4.78 is 17.8. The molecule has 3 nitrogen and oxygen atoms in total. The smallest absolute Gasteiger partial charge is 0.339 e. The van der Waals surface area contributed by atoms with Gasteiger partial charge in [-0.15, -0.1) is 0 Å². The highest BCUT2D eigenvalue weighted by molar-refractivity contribution is 9.10. The maximum atomic E-state index is 12.9.